The van der Waals surface area contributed by atoms with Crippen molar-refractivity contribution in [3.63, 3.8) is 0 Å². The highest BCUT2D eigenvalue weighted by Gasteiger charge is 2.34. The number of carbonyl (C=O) groups excluding carboxylic acids is 1. The van der Waals surface area contributed by atoms with Crippen LogP contribution in [0.5, 0.6) is 0 Å². The van der Waals surface area contributed by atoms with Crippen molar-refractivity contribution < 1.29 is 17.6 Å². The fourth-order valence-electron chi connectivity index (χ4n) is 3.85. The zero-order valence-electron chi connectivity index (χ0n) is 18.8. The molecular formula is C22H30FN5O3S. The minimum Gasteiger partial charge on any atom is -0.306 e. The highest BCUT2D eigenvalue weighted by molar-refractivity contribution is 7.89. The average molecular weight is 464 g/mol. The second kappa shape index (κ2) is 9.93. The van der Waals surface area contributed by atoms with Gasteiger partial charge in [-0.3, -0.25) is 9.88 Å². The first-order valence-corrected chi connectivity index (χ1v) is 12.2. The molecule has 1 fully saturated rings. The van der Waals surface area contributed by atoms with Gasteiger partial charge in [0.05, 0.1) is 23.3 Å². The van der Waals surface area contributed by atoms with Crippen LogP contribution in [-0.4, -0.2) is 59.6 Å². The molecular weight excluding hydrogens is 433 g/mol. The number of pyridine rings is 1. The molecule has 0 radical (unpaired) electrons. The quantitative estimate of drug-likeness (QED) is 0.685. The maximum atomic E-state index is 15.2. The van der Waals surface area contributed by atoms with Crippen molar-refractivity contribution in [2.24, 2.45) is 0 Å². The molecule has 174 valence electrons. The first-order chi connectivity index (χ1) is 15.1. The van der Waals surface area contributed by atoms with Gasteiger partial charge in [-0.15, -0.1) is 0 Å². The number of benzene rings is 1. The maximum absolute atomic E-state index is 15.2. The maximum Gasteiger partial charge on any atom is 0.323 e. The van der Waals surface area contributed by atoms with E-state index >= 15 is 4.39 Å². The van der Waals surface area contributed by atoms with Crippen LogP contribution in [-0.2, 0) is 16.6 Å². The van der Waals surface area contributed by atoms with E-state index < -0.39 is 21.9 Å². The van der Waals surface area contributed by atoms with E-state index in [9.17, 15) is 13.2 Å². The molecule has 1 aromatic heterocycles. The van der Waals surface area contributed by atoms with Crippen LogP contribution in [0.25, 0.3) is 0 Å². The van der Waals surface area contributed by atoms with Gasteiger partial charge in [0.2, 0.25) is 10.0 Å². The molecule has 0 unspecified atom stereocenters. The molecule has 3 rings (SSSR count). The lowest BCUT2D eigenvalue weighted by atomic mass is 10.1. The number of piperazine rings is 1. The van der Waals surface area contributed by atoms with Crippen molar-refractivity contribution >= 4 is 27.4 Å². The Morgan fingerprint density at radius 3 is 2.44 bits per heavy atom. The Hall–Kier alpha value is -2.56. The molecule has 2 N–H and O–H groups in total. The Morgan fingerprint density at radius 2 is 1.84 bits per heavy atom. The van der Waals surface area contributed by atoms with E-state index in [1.165, 1.54) is 16.6 Å². The van der Waals surface area contributed by atoms with Gasteiger partial charge in [-0.2, -0.15) is 4.31 Å². The molecule has 0 spiro atoms. The van der Waals surface area contributed by atoms with Crippen LogP contribution in [0.4, 0.5) is 20.6 Å². The number of sulfonamides is 1. The number of aromatic nitrogens is 1. The van der Waals surface area contributed by atoms with Crippen molar-refractivity contribution in [2.75, 3.05) is 29.5 Å². The zero-order chi connectivity index (χ0) is 23.5. The normalized spacial score (nSPS) is 20.2. The summed E-state index contributed by atoms with van der Waals surface area (Å²) in [6, 6.07) is 7.64. The minimum atomic E-state index is -3.27. The molecule has 2 heterocycles. The Labute approximate surface area is 188 Å². The number of aryl methyl sites for hydroxylation is 1. The third kappa shape index (κ3) is 5.62. The Kier molecular flexibility index (Phi) is 7.47. The SMILES string of the molecule is CCS(=O)(=O)N1C[C@@H](C)N(Cc2cccc(NC(=O)Nc3ccc(C)nc3)c2F)[C@@H](C)C1. The Morgan fingerprint density at radius 1 is 1.16 bits per heavy atom. The minimum absolute atomic E-state index is 0.0650. The summed E-state index contributed by atoms with van der Waals surface area (Å²) < 4.78 is 41.2. The summed E-state index contributed by atoms with van der Waals surface area (Å²) in [5.41, 5.74) is 1.84. The van der Waals surface area contributed by atoms with E-state index in [0.29, 0.717) is 30.9 Å². The second-order valence-corrected chi connectivity index (χ2v) is 10.4. The molecule has 8 nitrogen and oxygen atoms in total. The van der Waals surface area contributed by atoms with Crippen LogP contribution in [0.1, 0.15) is 32.0 Å². The van der Waals surface area contributed by atoms with Crippen LogP contribution in [0.15, 0.2) is 36.5 Å². The number of hydrogen-bond acceptors (Lipinski definition) is 5. The summed E-state index contributed by atoms with van der Waals surface area (Å²) in [5, 5.41) is 5.18. The fourth-order valence-corrected chi connectivity index (χ4v) is 5.10. The topological polar surface area (TPSA) is 94.6 Å². The van der Waals surface area contributed by atoms with Crippen molar-refractivity contribution in [3.05, 3.63) is 53.6 Å². The first-order valence-electron chi connectivity index (χ1n) is 10.6. The first kappa shape index (κ1) is 24.1. The molecule has 10 heteroatoms. The Bertz CT molecular complexity index is 1050. The fraction of sp³-hybridized carbons (Fsp3) is 0.455. The third-order valence-corrected chi connectivity index (χ3v) is 7.49. The molecule has 1 aliphatic heterocycles. The molecule has 0 saturated carbocycles. The number of halogens is 1. The largest absolute Gasteiger partial charge is 0.323 e. The molecule has 2 aromatic rings. The molecule has 1 saturated heterocycles. The predicted octanol–water partition coefficient (Wildman–Crippen LogP) is 3.42. The lowest BCUT2D eigenvalue weighted by molar-refractivity contribution is 0.0690. The van der Waals surface area contributed by atoms with Crippen molar-refractivity contribution in [3.8, 4) is 0 Å². The van der Waals surface area contributed by atoms with Crippen LogP contribution >= 0.6 is 0 Å². The van der Waals surface area contributed by atoms with Gasteiger partial charge in [-0.25, -0.2) is 17.6 Å². The smallest absolute Gasteiger partial charge is 0.306 e. The van der Waals surface area contributed by atoms with E-state index in [-0.39, 0.29) is 23.5 Å². The summed E-state index contributed by atoms with van der Waals surface area (Å²) >= 11 is 0. The molecule has 32 heavy (non-hydrogen) atoms. The number of amides is 2. The predicted molar refractivity (Wildman–Crippen MR) is 124 cm³/mol. The van der Waals surface area contributed by atoms with Gasteiger partial charge in [0.1, 0.15) is 0 Å². The van der Waals surface area contributed by atoms with Crippen molar-refractivity contribution in [2.45, 2.75) is 46.3 Å². The number of hydrogen-bond donors (Lipinski definition) is 2. The standard InChI is InChI=1S/C22H30FN5O3S/c1-5-32(30,31)27-12-16(3)28(17(4)13-27)14-18-7-6-8-20(21(18)23)26-22(29)25-19-10-9-15(2)24-11-19/h6-11,16-17H,5,12-14H2,1-4H3,(H2,25,26,29)/t16-,17+. The third-order valence-electron chi connectivity index (χ3n) is 5.68. The van der Waals surface area contributed by atoms with E-state index in [1.807, 2.05) is 20.8 Å². The number of carbonyl (C=O) groups is 1. The van der Waals surface area contributed by atoms with Gasteiger partial charge < -0.3 is 10.6 Å². The lowest BCUT2D eigenvalue weighted by Gasteiger charge is -2.43. The second-order valence-electron chi connectivity index (χ2n) is 8.13. The van der Waals surface area contributed by atoms with Gasteiger partial charge in [0.25, 0.3) is 0 Å². The van der Waals surface area contributed by atoms with Gasteiger partial charge in [0.15, 0.2) is 5.82 Å². The van der Waals surface area contributed by atoms with Gasteiger partial charge in [0, 0.05) is 43.0 Å². The van der Waals surface area contributed by atoms with Gasteiger partial charge >= 0.3 is 6.03 Å². The number of urea groups is 1. The highest BCUT2D eigenvalue weighted by atomic mass is 32.2. The molecule has 2 atom stereocenters. The van der Waals surface area contributed by atoms with Crippen LogP contribution in [0.3, 0.4) is 0 Å². The molecule has 0 aliphatic carbocycles. The molecule has 0 bridgehead atoms. The summed E-state index contributed by atoms with van der Waals surface area (Å²) in [7, 11) is -3.27. The molecule has 2 amide bonds. The average Bonchev–Trinajstić information content (AvgIpc) is 2.74. The van der Waals surface area contributed by atoms with Crippen molar-refractivity contribution in [1.29, 1.82) is 0 Å². The highest BCUT2D eigenvalue weighted by Crippen LogP contribution is 2.25. The van der Waals surface area contributed by atoms with Gasteiger partial charge in [-0.1, -0.05) is 12.1 Å². The number of rotatable bonds is 6. The molecule has 1 aliphatic rings. The summed E-state index contributed by atoms with van der Waals surface area (Å²) in [4.78, 5) is 18.5. The molecule has 1 aromatic carbocycles. The van der Waals surface area contributed by atoms with Crippen LogP contribution in [0, 0.1) is 12.7 Å². The van der Waals surface area contributed by atoms with E-state index in [4.69, 9.17) is 0 Å². The number of anilines is 2. The van der Waals surface area contributed by atoms with Crippen LogP contribution in [0.2, 0.25) is 0 Å². The van der Waals surface area contributed by atoms with Crippen LogP contribution < -0.4 is 10.6 Å². The van der Waals surface area contributed by atoms with E-state index in [1.54, 1.807) is 31.2 Å². The number of nitrogens with one attached hydrogen (secondary N) is 2. The number of nitrogens with zero attached hydrogens (tertiary/aromatic N) is 3. The Balaban J connectivity index is 1.69. The monoisotopic (exact) mass is 463 g/mol. The summed E-state index contributed by atoms with van der Waals surface area (Å²) in [5.74, 6) is -0.442. The van der Waals surface area contributed by atoms with Gasteiger partial charge in [-0.05, 0) is 45.9 Å². The van der Waals surface area contributed by atoms with Crippen molar-refractivity contribution in [1.82, 2.24) is 14.2 Å². The van der Waals surface area contributed by atoms with E-state index in [2.05, 4.69) is 20.5 Å². The zero-order valence-corrected chi connectivity index (χ0v) is 19.6. The summed E-state index contributed by atoms with van der Waals surface area (Å²) in [6.07, 6.45) is 1.53. The van der Waals surface area contributed by atoms with E-state index in [0.717, 1.165) is 5.69 Å². The lowest BCUT2D eigenvalue weighted by Crippen LogP contribution is -2.57. The summed E-state index contributed by atoms with van der Waals surface area (Å²) in [6.45, 7) is 8.41.